The summed E-state index contributed by atoms with van der Waals surface area (Å²) in [6.07, 6.45) is 1.55. The minimum atomic E-state index is -1.26. The Bertz CT molecular complexity index is 1400. The zero-order chi connectivity index (χ0) is 21.0. The quantitative estimate of drug-likeness (QED) is 0.216. The number of rotatable bonds is 3. The Balaban J connectivity index is 1.66. The molecule has 0 saturated carbocycles. The molecule has 1 aliphatic rings. The van der Waals surface area contributed by atoms with Crippen molar-refractivity contribution < 1.29 is 23.2 Å². The number of carbonyl (C=O) groups excluding carboxylic acids is 2. The Morgan fingerprint density at radius 1 is 0.833 bits per heavy atom. The van der Waals surface area contributed by atoms with Crippen LogP contribution < -0.4 is 10.4 Å². The molecule has 150 valence electrons. The first-order valence-electron chi connectivity index (χ1n) is 9.88. The number of Topliss-reactive ketones (excluding diaryl/α,β-unsaturated/α-hetero) is 1. The number of benzene rings is 2. The van der Waals surface area contributed by atoms with Crippen molar-refractivity contribution in [1.29, 1.82) is 0 Å². The molecule has 0 N–H and O–H groups in total. The number of ether oxygens (including phenoxy) is 1. The van der Waals surface area contributed by atoms with E-state index in [1.165, 1.54) is 6.07 Å². The molecule has 2 aromatic heterocycles. The number of fused-ring (bicyclic) bond motifs is 4. The van der Waals surface area contributed by atoms with E-state index < -0.39 is 23.3 Å². The normalized spacial score (nSPS) is 16.1. The van der Waals surface area contributed by atoms with Crippen LogP contribution in [0.15, 0.2) is 56.1 Å². The van der Waals surface area contributed by atoms with Gasteiger partial charge in [0.15, 0.2) is 17.3 Å². The highest BCUT2D eigenvalue weighted by Gasteiger charge is 2.40. The van der Waals surface area contributed by atoms with Crippen LogP contribution >= 0.6 is 0 Å². The second-order valence-corrected chi connectivity index (χ2v) is 7.37. The Morgan fingerprint density at radius 2 is 1.57 bits per heavy atom. The molecule has 1 atom stereocenters. The predicted octanol–water partition coefficient (Wildman–Crippen LogP) is 4.55. The van der Waals surface area contributed by atoms with E-state index in [0.717, 1.165) is 24.0 Å². The first-order valence-corrected chi connectivity index (χ1v) is 9.88. The predicted molar refractivity (Wildman–Crippen MR) is 110 cm³/mol. The van der Waals surface area contributed by atoms with Gasteiger partial charge in [0, 0.05) is 0 Å². The lowest BCUT2D eigenvalue weighted by Crippen LogP contribution is -2.31. The number of ketones is 1. The summed E-state index contributed by atoms with van der Waals surface area (Å²) in [4.78, 5) is 38.2. The highest BCUT2D eigenvalue weighted by molar-refractivity contribution is 6.17. The van der Waals surface area contributed by atoms with Gasteiger partial charge >= 0.3 is 11.6 Å². The van der Waals surface area contributed by atoms with Gasteiger partial charge in [-0.2, -0.15) is 0 Å². The van der Waals surface area contributed by atoms with Crippen molar-refractivity contribution in [2.75, 3.05) is 0 Å². The van der Waals surface area contributed by atoms with Crippen molar-refractivity contribution >= 4 is 33.7 Å². The third-order valence-electron chi connectivity index (χ3n) is 5.59. The van der Waals surface area contributed by atoms with E-state index in [1.54, 1.807) is 18.2 Å². The summed E-state index contributed by atoms with van der Waals surface area (Å²) in [5, 5.41) is 0.798. The molecule has 6 nitrogen and oxygen atoms in total. The van der Waals surface area contributed by atoms with Gasteiger partial charge in [0.1, 0.15) is 22.5 Å². The molecular formula is C24H18O6. The number of carbonyl (C=O) groups is 2. The molecule has 0 saturated heterocycles. The van der Waals surface area contributed by atoms with Crippen molar-refractivity contribution in [3.8, 4) is 5.75 Å². The average Bonchev–Trinajstić information content (AvgIpc) is 3.18. The van der Waals surface area contributed by atoms with E-state index in [1.807, 2.05) is 32.0 Å². The molecule has 0 radical (unpaired) electrons. The van der Waals surface area contributed by atoms with E-state index in [-0.39, 0.29) is 16.9 Å². The smallest absolute Gasteiger partial charge is 0.347 e. The Kier molecular flexibility index (Phi) is 4.10. The lowest BCUT2D eigenvalue weighted by Gasteiger charge is -2.21. The monoisotopic (exact) mass is 402 g/mol. The molecular weight excluding hydrogens is 384 g/mol. The zero-order valence-electron chi connectivity index (χ0n) is 16.5. The molecule has 1 aliphatic heterocycles. The van der Waals surface area contributed by atoms with E-state index in [9.17, 15) is 14.4 Å². The first kappa shape index (κ1) is 18.4. The number of furan rings is 1. The van der Waals surface area contributed by atoms with Crippen molar-refractivity contribution in [1.82, 2.24) is 0 Å². The van der Waals surface area contributed by atoms with Crippen LogP contribution in [0.3, 0.4) is 0 Å². The number of aryl methyl sites for hydroxylation is 2. The molecule has 3 heterocycles. The molecule has 1 unspecified atom stereocenters. The van der Waals surface area contributed by atoms with Gasteiger partial charge in [0.2, 0.25) is 0 Å². The molecule has 6 heteroatoms. The summed E-state index contributed by atoms with van der Waals surface area (Å²) >= 11 is 0. The summed E-state index contributed by atoms with van der Waals surface area (Å²) in [6, 6.07) is 12.1. The molecule has 2 aromatic carbocycles. The fourth-order valence-corrected chi connectivity index (χ4v) is 3.87. The SMILES string of the molecule is CCc1ccc2c(c1)OC(=O)C(c1cc3c(=O)oc4cc(CC)ccc4c3o1)C2=O. The third-order valence-corrected chi connectivity index (χ3v) is 5.59. The molecule has 0 bridgehead atoms. The van der Waals surface area contributed by atoms with Crippen LogP contribution in [-0.2, 0) is 17.6 Å². The van der Waals surface area contributed by atoms with Crippen molar-refractivity contribution in [3.63, 3.8) is 0 Å². The minimum absolute atomic E-state index is 0.0737. The van der Waals surface area contributed by atoms with Gasteiger partial charge in [0.05, 0.1) is 10.9 Å². The fourth-order valence-electron chi connectivity index (χ4n) is 3.87. The van der Waals surface area contributed by atoms with Crippen LogP contribution in [0.1, 0.15) is 47.0 Å². The van der Waals surface area contributed by atoms with Gasteiger partial charge in [-0.25, -0.2) is 4.79 Å². The van der Waals surface area contributed by atoms with Gasteiger partial charge in [0.25, 0.3) is 0 Å². The number of hydrogen-bond donors (Lipinski definition) is 0. The van der Waals surface area contributed by atoms with E-state index in [2.05, 4.69) is 0 Å². The van der Waals surface area contributed by atoms with Crippen molar-refractivity contribution in [3.05, 3.63) is 75.3 Å². The standard InChI is InChI=1S/C24H18O6/c1-3-12-5-7-14-17(9-12)30-24(27)20(21(14)25)19-11-16-22(28-19)15-8-6-13(4-2)10-18(15)29-23(16)26/h5-11,20H,3-4H2,1-2H3. The highest BCUT2D eigenvalue weighted by atomic mass is 16.5. The minimum Gasteiger partial charge on any atom is -0.459 e. The van der Waals surface area contributed by atoms with Crippen molar-refractivity contribution in [2.45, 2.75) is 32.6 Å². The highest BCUT2D eigenvalue weighted by Crippen LogP contribution is 2.37. The lowest BCUT2D eigenvalue weighted by molar-refractivity contribution is -0.135. The van der Waals surface area contributed by atoms with Gasteiger partial charge in [-0.05, 0) is 54.3 Å². The molecule has 5 rings (SSSR count). The first-order chi connectivity index (χ1) is 14.5. The van der Waals surface area contributed by atoms with Gasteiger partial charge < -0.3 is 13.6 Å². The number of esters is 1. The zero-order valence-corrected chi connectivity index (χ0v) is 16.5. The Labute approximate surface area is 171 Å². The van der Waals surface area contributed by atoms with E-state index in [4.69, 9.17) is 13.6 Å². The molecule has 0 aliphatic carbocycles. The van der Waals surface area contributed by atoms with Crippen LogP contribution in [0.5, 0.6) is 5.75 Å². The topological polar surface area (TPSA) is 86.7 Å². The summed E-state index contributed by atoms with van der Waals surface area (Å²) < 4.78 is 16.8. The third kappa shape index (κ3) is 2.68. The lowest BCUT2D eigenvalue weighted by atomic mass is 9.91. The van der Waals surface area contributed by atoms with Crippen LogP contribution in [0.4, 0.5) is 0 Å². The molecule has 0 spiro atoms. The van der Waals surface area contributed by atoms with Gasteiger partial charge in [-0.1, -0.05) is 26.0 Å². The van der Waals surface area contributed by atoms with Crippen LogP contribution in [0.2, 0.25) is 0 Å². The van der Waals surface area contributed by atoms with E-state index in [0.29, 0.717) is 22.1 Å². The summed E-state index contributed by atoms with van der Waals surface area (Å²) in [6.45, 7) is 3.98. The molecule has 0 amide bonds. The largest absolute Gasteiger partial charge is 0.459 e. The molecule has 4 aromatic rings. The van der Waals surface area contributed by atoms with Gasteiger partial charge in [-0.3, -0.25) is 9.59 Å². The number of hydrogen-bond acceptors (Lipinski definition) is 6. The average molecular weight is 402 g/mol. The van der Waals surface area contributed by atoms with Crippen LogP contribution in [-0.4, -0.2) is 11.8 Å². The van der Waals surface area contributed by atoms with Crippen LogP contribution in [0, 0.1) is 0 Å². The maximum Gasteiger partial charge on any atom is 0.347 e. The van der Waals surface area contributed by atoms with Crippen LogP contribution in [0.25, 0.3) is 21.9 Å². The van der Waals surface area contributed by atoms with Gasteiger partial charge in [-0.15, -0.1) is 0 Å². The van der Waals surface area contributed by atoms with Crippen molar-refractivity contribution in [2.24, 2.45) is 0 Å². The Morgan fingerprint density at radius 3 is 2.33 bits per heavy atom. The summed E-state index contributed by atoms with van der Waals surface area (Å²) in [5.74, 6) is -2.06. The van der Waals surface area contributed by atoms with E-state index >= 15 is 0 Å². The Hall–Kier alpha value is -3.67. The fraction of sp³-hybridized carbons (Fsp3) is 0.208. The summed E-state index contributed by atoms with van der Waals surface area (Å²) in [5.41, 5.74) is 2.43. The second kappa shape index (κ2) is 6.69. The second-order valence-electron chi connectivity index (χ2n) is 7.37. The maximum absolute atomic E-state index is 13.1. The molecule has 0 fully saturated rings. The molecule has 30 heavy (non-hydrogen) atoms. The maximum atomic E-state index is 13.1. The summed E-state index contributed by atoms with van der Waals surface area (Å²) in [7, 11) is 0.